The van der Waals surface area contributed by atoms with Crippen LogP contribution in [0.3, 0.4) is 0 Å². The van der Waals surface area contributed by atoms with Crippen LogP contribution in [0.5, 0.6) is 0 Å². The molecule has 2 aromatic carbocycles. The van der Waals surface area contributed by atoms with E-state index in [1.807, 2.05) is 0 Å². The molecule has 2 aromatic rings. The number of nitrogens with zero attached hydrogens (tertiary/aromatic N) is 1. The lowest BCUT2D eigenvalue weighted by atomic mass is 9.82. The molecule has 0 bridgehead atoms. The Morgan fingerprint density at radius 3 is 1.87 bits per heavy atom. The van der Waals surface area contributed by atoms with Gasteiger partial charge in [-0.3, -0.25) is 4.79 Å². The number of benzene rings is 2. The second kappa shape index (κ2) is 7.75. The average Bonchev–Trinajstić information content (AvgIpc) is 3.04. The highest BCUT2D eigenvalue weighted by atomic mass is 16.6. The normalized spacial score (nSPS) is 30.2. The van der Waals surface area contributed by atoms with Gasteiger partial charge in [0.15, 0.2) is 17.9 Å². The summed E-state index contributed by atoms with van der Waals surface area (Å²) in [6, 6.07) is 15.9. The third kappa shape index (κ3) is 3.17. The van der Waals surface area contributed by atoms with Crippen LogP contribution in [0.1, 0.15) is 11.1 Å². The summed E-state index contributed by atoms with van der Waals surface area (Å²) in [6.07, 6.45) is -9.61. The number of ether oxygens (including phenoxy) is 1. The number of carbonyl (C=O) groups is 3. The summed E-state index contributed by atoms with van der Waals surface area (Å²) in [4.78, 5) is 38.7. The summed E-state index contributed by atoms with van der Waals surface area (Å²) in [6.45, 7) is 0. The van der Waals surface area contributed by atoms with Gasteiger partial charge in [-0.25, -0.2) is 14.5 Å². The van der Waals surface area contributed by atoms with Gasteiger partial charge in [0.05, 0.1) is 0 Å². The van der Waals surface area contributed by atoms with E-state index in [2.05, 4.69) is 5.32 Å². The minimum atomic E-state index is -1.95. The topological polar surface area (TPSA) is 157 Å². The van der Waals surface area contributed by atoms with Gasteiger partial charge < -0.3 is 30.5 Å². The van der Waals surface area contributed by atoms with E-state index in [1.165, 1.54) is 0 Å². The Bertz CT molecular complexity index is 959. The maximum absolute atomic E-state index is 13.7. The summed E-state index contributed by atoms with van der Waals surface area (Å²) in [5.74, 6) is -2.44. The lowest BCUT2D eigenvalue weighted by Crippen LogP contribution is -2.65. The molecule has 10 heteroatoms. The van der Waals surface area contributed by atoms with Crippen molar-refractivity contribution in [2.75, 3.05) is 0 Å². The van der Waals surface area contributed by atoms with Crippen molar-refractivity contribution in [2.45, 2.75) is 36.2 Å². The number of urea groups is 1. The van der Waals surface area contributed by atoms with Gasteiger partial charge in [0.1, 0.15) is 18.3 Å². The van der Waals surface area contributed by atoms with E-state index in [0.29, 0.717) is 16.0 Å². The fourth-order valence-electron chi connectivity index (χ4n) is 3.99. The van der Waals surface area contributed by atoms with E-state index in [0.717, 1.165) is 0 Å². The first-order valence-corrected chi connectivity index (χ1v) is 9.48. The van der Waals surface area contributed by atoms with Crippen LogP contribution in [0.25, 0.3) is 0 Å². The number of rotatable bonds is 4. The highest BCUT2D eigenvalue weighted by molar-refractivity contribution is 6.09. The summed E-state index contributed by atoms with van der Waals surface area (Å²) in [5, 5.41) is 42.4. The van der Waals surface area contributed by atoms with Gasteiger partial charge >= 0.3 is 12.0 Å². The molecule has 5 N–H and O–H groups in total. The van der Waals surface area contributed by atoms with E-state index in [-0.39, 0.29) is 0 Å². The molecule has 0 aromatic heterocycles. The van der Waals surface area contributed by atoms with Gasteiger partial charge in [0, 0.05) is 0 Å². The Morgan fingerprint density at radius 1 is 0.871 bits per heavy atom. The molecule has 5 unspecified atom stereocenters. The summed E-state index contributed by atoms with van der Waals surface area (Å²) < 4.78 is 5.22. The quantitative estimate of drug-likeness (QED) is 0.403. The van der Waals surface area contributed by atoms with E-state index in [4.69, 9.17) is 4.74 Å². The Morgan fingerprint density at radius 2 is 1.39 bits per heavy atom. The van der Waals surface area contributed by atoms with Crippen molar-refractivity contribution in [3.63, 3.8) is 0 Å². The minimum absolute atomic E-state index is 0.433. The standard InChI is InChI=1S/C21H20N2O8/c24-13-14(25)16(18(27)28)31-17(15(13)26)23-19(29)21(22-20(23)30,11-7-3-1-4-8-11)12-9-5-2-6-10-12/h1-10,13-17,24-26H,(H,22,30)(H,27,28). The van der Waals surface area contributed by atoms with Crippen molar-refractivity contribution in [2.24, 2.45) is 0 Å². The molecule has 5 atom stereocenters. The number of aliphatic carboxylic acids is 1. The number of hydrogen-bond acceptors (Lipinski definition) is 7. The summed E-state index contributed by atoms with van der Waals surface area (Å²) >= 11 is 0. The Labute approximate surface area is 176 Å². The van der Waals surface area contributed by atoms with Crippen molar-refractivity contribution < 1.29 is 39.5 Å². The number of amides is 3. The van der Waals surface area contributed by atoms with Crippen LogP contribution in [0.4, 0.5) is 4.79 Å². The van der Waals surface area contributed by atoms with Gasteiger partial charge in [0.25, 0.3) is 5.91 Å². The Balaban J connectivity index is 1.81. The van der Waals surface area contributed by atoms with Crippen LogP contribution in [0.15, 0.2) is 60.7 Å². The Kier molecular flexibility index (Phi) is 5.23. The second-order valence-electron chi connectivity index (χ2n) is 7.34. The lowest BCUT2D eigenvalue weighted by Gasteiger charge is -2.41. The Hall–Kier alpha value is -3.31. The van der Waals surface area contributed by atoms with Crippen molar-refractivity contribution >= 4 is 17.9 Å². The monoisotopic (exact) mass is 428 g/mol. The third-order valence-electron chi connectivity index (χ3n) is 5.55. The molecule has 0 spiro atoms. The zero-order valence-electron chi connectivity index (χ0n) is 16.0. The van der Waals surface area contributed by atoms with Crippen molar-refractivity contribution in [3.05, 3.63) is 71.8 Å². The highest BCUT2D eigenvalue weighted by Gasteiger charge is 2.60. The molecule has 2 aliphatic rings. The molecule has 0 saturated carbocycles. The molecule has 2 aliphatic heterocycles. The zero-order chi connectivity index (χ0) is 22.3. The fraction of sp³-hybridized carbons (Fsp3) is 0.286. The molecular weight excluding hydrogens is 408 g/mol. The van der Waals surface area contributed by atoms with Crippen LogP contribution in [-0.2, 0) is 19.9 Å². The van der Waals surface area contributed by atoms with Crippen LogP contribution in [-0.4, -0.2) is 73.9 Å². The van der Waals surface area contributed by atoms with Crippen LogP contribution in [0.2, 0.25) is 0 Å². The first kappa shape index (κ1) is 20.9. The lowest BCUT2D eigenvalue weighted by molar-refractivity contribution is -0.249. The van der Waals surface area contributed by atoms with Gasteiger partial charge in [0.2, 0.25) is 0 Å². The van der Waals surface area contributed by atoms with Crippen LogP contribution < -0.4 is 5.32 Å². The minimum Gasteiger partial charge on any atom is -0.479 e. The number of aliphatic hydroxyl groups is 3. The average molecular weight is 428 g/mol. The molecule has 2 heterocycles. The van der Waals surface area contributed by atoms with Gasteiger partial charge in [-0.1, -0.05) is 60.7 Å². The number of carboxylic acid groups (broad SMARTS) is 1. The van der Waals surface area contributed by atoms with E-state index < -0.39 is 54.1 Å². The van der Waals surface area contributed by atoms with Gasteiger partial charge in [-0.05, 0) is 11.1 Å². The smallest absolute Gasteiger partial charge is 0.335 e. The van der Waals surface area contributed by atoms with E-state index >= 15 is 0 Å². The summed E-state index contributed by atoms with van der Waals surface area (Å²) in [5.41, 5.74) is -0.798. The molecule has 3 amide bonds. The highest BCUT2D eigenvalue weighted by Crippen LogP contribution is 2.38. The van der Waals surface area contributed by atoms with Gasteiger partial charge in [-0.15, -0.1) is 0 Å². The van der Waals surface area contributed by atoms with Crippen molar-refractivity contribution in [3.8, 4) is 0 Å². The largest absolute Gasteiger partial charge is 0.479 e. The molecule has 0 radical (unpaired) electrons. The predicted molar refractivity (Wildman–Crippen MR) is 103 cm³/mol. The molecule has 2 saturated heterocycles. The maximum Gasteiger partial charge on any atom is 0.335 e. The van der Waals surface area contributed by atoms with Gasteiger partial charge in [-0.2, -0.15) is 0 Å². The number of nitrogens with one attached hydrogen (secondary N) is 1. The van der Waals surface area contributed by atoms with Crippen LogP contribution >= 0.6 is 0 Å². The van der Waals surface area contributed by atoms with Crippen LogP contribution in [0, 0.1) is 0 Å². The second-order valence-corrected chi connectivity index (χ2v) is 7.34. The van der Waals surface area contributed by atoms with Crippen molar-refractivity contribution in [1.82, 2.24) is 10.2 Å². The molecule has 4 rings (SSSR count). The number of carbonyl (C=O) groups excluding carboxylic acids is 2. The summed E-state index contributed by atoms with van der Waals surface area (Å²) in [7, 11) is 0. The molecule has 31 heavy (non-hydrogen) atoms. The molecule has 162 valence electrons. The first-order chi connectivity index (χ1) is 14.8. The van der Waals surface area contributed by atoms with E-state index in [1.54, 1.807) is 60.7 Å². The number of aliphatic hydroxyl groups excluding tert-OH is 3. The number of hydrogen-bond donors (Lipinski definition) is 5. The SMILES string of the molecule is O=C(O)C1OC(N2C(=O)NC(c3ccccc3)(c3ccccc3)C2=O)C(O)C(O)C1O. The molecule has 0 aliphatic carbocycles. The number of imide groups is 1. The maximum atomic E-state index is 13.7. The molecular formula is C21H20N2O8. The van der Waals surface area contributed by atoms with Crippen molar-refractivity contribution in [1.29, 1.82) is 0 Å². The molecule has 2 fully saturated rings. The fourth-order valence-corrected chi connectivity index (χ4v) is 3.99. The predicted octanol–water partition coefficient (Wildman–Crippen LogP) is -0.626. The first-order valence-electron chi connectivity index (χ1n) is 9.48. The molecule has 10 nitrogen and oxygen atoms in total. The van der Waals surface area contributed by atoms with E-state index in [9.17, 15) is 34.8 Å². The number of carboxylic acids is 1. The third-order valence-corrected chi connectivity index (χ3v) is 5.55. The zero-order valence-corrected chi connectivity index (χ0v) is 16.0.